The number of carbonyl (C=O) groups excluding carboxylic acids is 1. The van der Waals surface area contributed by atoms with Gasteiger partial charge in [0, 0.05) is 0 Å². The van der Waals surface area contributed by atoms with Gasteiger partial charge >= 0.3 is 0 Å². The van der Waals surface area contributed by atoms with Crippen LogP contribution in [0.2, 0.25) is 5.02 Å². The van der Waals surface area contributed by atoms with Gasteiger partial charge in [-0.1, -0.05) is 54.1 Å². The Kier molecular flexibility index (Phi) is 6.00. The molecule has 1 N–H and O–H groups in total. The highest BCUT2D eigenvalue weighted by Crippen LogP contribution is 2.22. The Morgan fingerprint density at radius 1 is 1.03 bits per heavy atom. The molecule has 0 aliphatic heterocycles. The van der Waals surface area contributed by atoms with Gasteiger partial charge in [0.05, 0.1) is 34.2 Å². The van der Waals surface area contributed by atoms with E-state index >= 15 is 0 Å². The standard InChI is InChI=1S/C24H22ClN3O2/c1-17(26-24(29)19-11-5-6-12-20(19)25)23-27-21-13-7-8-14-22(21)28(23)15-16-30-18-9-3-2-4-10-18/h2-14,17H,15-16H2,1H3,(H,26,29). The van der Waals surface area contributed by atoms with Crippen molar-refractivity contribution in [3.63, 3.8) is 0 Å². The monoisotopic (exact) mass is 419 g/mol. The molecule has 0 saturated heterocycles. The van der Waals surface area contributed by atoms with Crippen molar-refractivity contribution in [3.8, 4) is 5.75 Å². The van der Waals surface area contributed by atoms with Gasteiger partial charge in [0.2, 0.25) is 0 Å². The highest BCUT2D eigenvalue weighted by atomic mass is 35.5. The van der Waals surface area contributed by atoms with E-state index in [4.69, 9.17) is 21.3 Å². The third kappa shape index (κ3) is 4.31. The van der Waals surface area contributed by atoms with E-state index in [1.165, 1.54) is 0 Å². The molecule has 4 rings (SSSR count). The fourth-order valence-electron chi connectivity index (χ4n) is 3.42. The minimum atomic E-state index is -0.308. The summed E-state index contributed by atoms with van der Waals surface area (Å²) in [5.41, 5.74) is 2.33. The second-order valence-electron chi connectivity index (χ2n) is 6.95. The first kappa shape index (κ1) is 20.0. The fraction of sp³-hybridized carbons (Fsp3) is 0.167. The summed E-state index contributed by atoms with van der Waals surface area (Å²) in [5, 5.41) is 3.44. The molecule has 1 heterocycles. The van der Waals surface area contributed by atoms with Crippen molar-refractivity contribution in [3.05, 3.63) is 95.3 Å². The number of imidazole rings is 1. The lowest BCUT2D eigenvalue weighted by molar-refractivity contribution is 0.0937. The van der Waals surface area contributed by atoms with Gasteiger partial charge < -0.3 is 14.6 Å². The molecule has 3 aromatic carbocycles. The quantitative estimate of drug-likeness (QED) is 0.444. The number of nitrogens with zero attached hydrogens (tertiary/aromatic N) is 2. The first-order chi connectivity index (χ1) is 14.6. The lowest BCUT2D eigenvalue weighted by Crippen LogP contribution is -2.29. The number of nitrogens with one attached hydrogen (secondary N) is 1. The van der Waals surface area contributed by atoms with Crippen LogP contribution >= 0.6 is 11.6 Å². The number of halogens is 1. The van der Waals surface area contributed by atoms with Gasteiger partial charge in [-0.3, -0.25) is 4.79 Å². The van der Waals surface area contributed by atoms with Crippen LogP contribution in [0.4, 0.5) is 0 Å². The van der Waals surface area contributed by atoms with E-state index in [9.17, 15) is 4.79 Å². The zero-order valence-electron chi connectivity index (χ0n) is 16.6. The molecule has 0 spiro atoms. The molecular formula is C24H22ClN3O2. The number of rotatable bonds is 7. The van der Waals surface area contributed by atoms with Crippen LogP contribution in [0, 0.1) is 0 Å². The van der Waals surface area contributed by atoms with Crippen LogP contribution in [0.3, 0.4) is 0 Å². The van der Waals surface area contributed by atoms with Crippen molar-refractivity contribution < 1.29 is 9.53 Å². The number of para-hydroxylation sites is 3. The van der Waals surface area contributed by atoms with Crippen molar-refractivity contribution in [2.24, 2.45) is 0 Å². The molecule has 1 aromatic heterocycles. The summed E-state index contributed by atoms with van der Waals surface area (Å²) in [6.45, 7) is 3.02. The minimum absolute atomic E-state index is 0.229. The van der Waals surface area contributed by atoms with Gasteiger partial charge in [0.1, 0.15) is 18.2 Å². The van der Waals surface area contributed by atoms with Crippen LogP contribution in [0.5, 0.6) is 5.75 Å². The molecule has 4 aromatic rings. The Morgan fingerprint density at radius 3 is 2.53 bits per heavy atom. The van der Waals surface area contributed by atoms with Gasteiger partial charge in [-0.15, -0.1) is 0 Å². The summed E-state index contributed by atoms with van der Waals surface area (Å²) in [6.07, 6.45) is 0. The number of benzene rings is 3. The summed E-state index contributed by atoms with van der Waals surface area (Å²) in [4.78, 5) is 17.5. The number of hydrogen-bond acceptors (Lipinski definition) is 3. The lowest BCUT2D eigenvalue weighted by atomic mass is 10.2. The molecule has 0 aliphatic carbocycles. The number of hydrogen-bond donors (Lipinski definition) is 1. The third-order valence-electron chi connectivity index (χ3n) is 4.86. The predicted octanol–water partition coefficient (Wildman–Crippen LogP) is 5.26. The van der Waals surface area contributed by atoms with E-state index in [0.29, 0.717) is 23.7 Å². The van der Waals surface area contributed by atoms with Crippen LogP contribution in [0.1, 0.15) is 29.1 Å². The number of fused-ring (bicyclic) bond motifs is 1. The second kappa shape index (κ2) is 9.01. The van der Waals surface area contributed by atoms with E-state index < -0.39 is 0 Å². The predicted molar refractivity (Wildman–Crippen MR) is 119 cm³/mol. The average Bonchev–Trinajstić information content (AvgIpc) is 3.14. The minimum Gasteiger partial charge on any atom is -0.492 e. The van der Waals surface area contributed by atoms with Gasteiger partial charge in [0.25, 0.3) is 5.91 Å². The summed E-state index contributed by atoms with van der Waals surface area (Å²) in [6, 6.07) is 24.3. The summed E-state index contributed by atoms with van der Waals surface area (Å²) >= 11 is 6.17. The fourth-order valence-corrected chi connectivity index (χ4v) is 3.64. The van der Waals surface area contributed by atoms with Crippen LogP contribution < -0.4 is 10.1 Å². The molecule has 0 fully saturated rings. The Balaban J connectivity index is 1.56. The molecule has 0 aliphatic rings. The van der Waals surface area contributed by atoms with Gasteiger partial charge in [-0.05, 0) is 43.3 Å². The molecule has 6 heteroatoms. The maximum absolute atomic E-state index is 12.7. The molecule has 30 heavy (non-hydrogen) atoms. The molecular weight excluding hydrogens is 398 g/mol. The van der Waals surface area contributed by atoms with E-state index in [2.05, 4.69) is 9.88 Å². The molecule has 1 amide bonds. The van der Waals surface area contributed by atoms with E-state index in [1.807, 2.05) is 61.5 Å². The zero-order valence-corrected chi connectivity index (χ0v) is 17.3. The van der Waals surface area contributed by atoms with Gasteiger partial charge in [-0.25, -0.2) is 4.98 Å². The van der Waals surface area contributed by atoms with E-state index in [-0.39, 0.29) is 11.9 Å². The van der Waals surface area contributed by atoms with Gasteiger partial charge in [-0.2, -0.15) is 0 Å². The Hall–Kier alpha value is -3.31. The number of amides is 1. The largest absolute Gasteiger partial charge is 0.492 e. The van der Waals surface area contributed by atoms with Crippen LogP contribution in [-0.2, 0) is 6.54 Å². The Bertz CT molecular complexity index is 1160. The molecule has 0 radical (unpaired) electrons. The zero-order chi connectivity index (χ0) is 20.9. The van der Waals surface area contributed by atoms with Crippen molar-refractivity contribution in [2.75, 3.05) is 6.61 Å². The topological polar surface area (TPSA) is 56.2 Å². The lowest BCUT2D eigenvalue weighted by Gasteiger charge is -2.17. The smallest absolute Gasteiger partial charge is 0.253 e. The molecule has 0 saturated carbocycles. The maximum Gasteiger partial charge on any atom is 0.253 e. The molecule has 152 valence electrons. The summed E-state index contributed by atoms with van der Waals surface area (Å²) in [5.74, 6) is 1.36. The molecule has 1 atom stereocenters. The number of carbonyl (C=O) groups is 1. The first-order valence-corrected chi connectivity index (χ1v) is 10.2. The normalized spacial score (nSPS) is 11.9. The Morgan fingerprint density at radius 2 is 1.73 bits per heavy atom. The van der Waals surface area contributed by atoms with Crippen LogP contribution in [0.25, 0.3) is 11.0 Å². The van der Waals surface area contributed by atoms with Crippen molar-refractivity contribution in [1.82, 2.24) is 14.9 Å². The number of ether oxygens (including phenoxy) is 1. The SMILES string of the molecule is CC(NC(=O)c1ccccc1Cl)c1nc2ccccc2n1CCOc1ccccc1. The third-order valence-corrected chi connectivity index (χ3v) is 5.19. The molecule has 1 unspecified atom stereocenters. The average molecular weight is 420 g/mol. The van der Waals surface area contributed by atoms with Gasteiger partial charge in [0.15, 0.2) is 0 Å². The Labute approximate surface area is 180 Å². The maximum atomic E-state index is 12.7. The summed E-state index contributed by atoms with van der Waals surface area (Å²) in [7, 11) is 0. The van der Waals surface area contributed by atoms with Crippen molar-refractivity contribution >= 4 is 28.5 Å². The summed E-state index contributed by atoms with van der Waals surface area (Å²) < 4.78 is 7.97. The highest BCUT2D eigenvalue weighted by Gasteiger charge is 2.20. The second-order valence-corrected chi connectivity index (χ2v) is 7.35. The van der Waals surface area contributed by atoms with Crippen LogP contribution in [0.15, 0.2) is 78.9 Å². The van der Waals surface area contributed by atoms with Crippen LogP contribution in [-0.4, -0.2) is 22.1 Å². The van der Waals surface area contributed by atoms with Crippen molar-refractivity contribution in [1.29, 1.82) is 0 Å². The first-order valence-electron chi connectivity index (χ1n) is 9.82. The molecule has 5 nitrogen and oxygen atoms in total. The number of aromatic nitrogens is 2. The van der Waals surface area contributed by atoms with E-state index in [0.717, 1.165) is 22.6 Å². The molecule has 0 bridgehead atoms. The van der Waals surface area contributed by atoms with E-state index in [1.54, 1.807) is 24.3 Å². The van der Waals surface area contributed by atoms with Crippen molar-refractivity contribution in [2.45, 2.75) is 19.5 Å². The highest BCUT2D eigenvalue weighted by molar-refractivity contribution is 6.33.